The fourth-order valence-electron chi connectivity index (χ4n) is 2.50. The lowest BCUT2D eigenvalue weighted by atomic mass is 9.98. The van der Waals surface area contributed by atoms with E-state index in [1.165, 1.54) is 18.5 Å². The van der Waals surface area contributed by atoms with Gasteiger partial charge in [0.2, 0.25) is 5.91 Å². The number of primary amides is 1. The van der Waals surface area contributed by atoms with Crippen molar-refractivity contribution in [3.8, 4) is 0 Å². The average molecular weight is 340 g/mol. The standard InChI is InChI=1S/C17H17FN6O/c18-12-3-1-10(2-4-12)7-11(15(20)25)8-21-16-13-5-6-14(19)24-17(13)23-9-22-16/h1-6,9,11H,7-8H2,(H2,20,25)(H3,19,21,22,23,24). The van der Waals surface area contributed by atoms with E-state index in [-0.39, 0.29) is 12.4 Å². The van der Waals surface area contributed by atoms with Crippen molar-refractivity contribution in [3.63, 3.8) is 0 Å². The number of aromatic nitrogens is 3. The van der Waals surface area contributed by atoms with Gasteiger partial charge in [0.15, 0.2) is 5.65 Å². The molecule has 5 N–H and O–H groups in total. The smallest absolute Gasteiger partial charge is 0.222 e. The third kappa shape index (κ3) is 3.97. The number of nitrogens with zero attached hydrogens (tertiary/aromatic N) is 3. The first-order valence-corrected chi connectivity index (χ1v) is 7.68. The summed E-state index contributed by atoms with van der Waals surface area (Å²) in [6.45, 7) is 0.281. The fraction of sp³-hybridized carbons (Fsp3) is 0.176. The molecule has 0 aliphatic heterocycles. The number of halogens is 1. The molecule has 0 fully saturated rings. The minimum Gasteiger partial charge on any atom is -0.384 e. The van der Waals surface area contributed by atoms with Crippen LogP contribution in [0.25, 0.3) is 11.0 Å². The van der Waals surface area contributed by atoms with Gasteiger partial charge in [-0.25, -0.2) is 19.3 Å². The van der Waals surface area contributed by atoms with Crippen LogP contribution in [0.1, 0.15) is 5.56 Å². The van der Waals surface area contributed by atoms with Crippen LogP contribution in [0, 0.1) is 11.7 Å². The van der Waals surface area contributed by atoms with Crippen LogP contribution in [-0.4, -0.2) is 27.4 Å². The molecule has 0 saturated carbocycles. The fourth-order valence-corrected chi connectivity index (χ4v) is 2.50. The van der Waals surface area contributed by atoms with Crippen LogP contribution in [0.2, 0.25) is 0 Å². The van der Waals surface area contributed by atoms with Crippen molar-refractivity contribution in [2.45, 2.75) is 6.42 Å². The Labute approximate surface area is 143 Å². The molecule has 7 nitrogen and oxygen atoms in total. The number of nitrogens with two attached hydrogens (primary N) is 2. The molecular weight excluding hydrogens is 323 g/mol. The number of rotatable bonds is 6. The molecule has 3 aromatic rings. The Kier molecular flexibility index (Phi) is 4.69. The maximum atomic E-state index is 13.0. The highest BCUT2D eigenvalue weighted by atomic mass is 19.1. The predicted molar refractivity (Wildman–Crippen MR) is 93.0 cm³/mol. The lowest BCUT2D eigenvalue weighted by Gasteiger charge is -2.15. The number of pyridine rings is 1. The highest BCUT2D eigenvalue weighted by molar-refractivity contribution is 5.87. The maximum Gasteiger partial charge on any atom is 0.222 e. The van der Waals surface area contributed by atoms with Crippen LogP contribution >= 0.6 is 0 Å². The number of fused-ring (bicyclic) bond motifs is 1. The summed E-state index contributed by atoms with van der Waals surface area (Å²) in [6.07, 6.45) is 1.77. The van der Waals surface area contributed by atoms with Gasteiger partial charge in [-0.15, -0.1) is 0 Å². The zero-order valence-corrected chi connectivity index (χ0v) is 13.3. The summed E-state index contributed by atoms with van der Waals surface area (Å²) in [5.74, 6) is -0.335. The molecule has 0 aliphatic rings. The van der Waals surface area contributed by atoms with Crippen molar-refractivity contribution in [1.82, 2.24) is 15.0 Å². The number of benzene rings is 1. The quantitative estimate of drug-likeness (QED) is 0.625. The van der Waals surface area contributed by atoms with Gasteiger partial charge in [-0.1, -0.05) is 12.1 Å². The number of carbonyl (C=O) groups is 1. The molecular formula is C17H17FN6O. The Balaban J connectivity index is 1.75. The molecule has 1 aromatic carbocycles. The van der Waals surface area contributed by atoms with Crippen LogP contribution in [0.4, 0.5) is 16.0 Å². The summed E-state index contributed by atoms with van der Waals surface area (Å²) in [7, 11) is 0. The van der Waals surface area contributed by atoms with Gasteiger partial charge in [-0.3, -0.25) is 4.79 Å². The Bertz CT molecular complexity index is 899. The van der Waals surface area contributed by atoms with Crippen molar-refractivity contribution in [1.29, 1.82) is 0 Å². The van der Waals surface area contributed by atoms with Crippen molar-refractivity contribution < 1.29 is 9.18 Å². The monoisotopic (exact) mass is 340 g/mol. The van der Waals surface area contributed by atoms with Crippen LogP contribution in [0.15, 0.2) is 42.7 Å². The van der Waals surface area contributed by atoms with E-state index in [0.29, 0.717) is 29.1 Å². The van der Waals surface area contributed by atoms with Gasteiger partial charge in [0.05, 0.1) is 11.3 Å². The topological polar surface area (TPSA) is 120 Å². The van der Waals surface area contributed by atoms with Gasteiger partial charge >= 0.3 is 0 Å². The Morgan fingerprint density at radius 3 is 2.64 bits per heavy atom. The number of nitrogen functional groups attached to an aromatic ring is 1. The second-order valence-electron chi connectivity index (χ2n) is 5.64. The molecule has 1 amide bonds. The number of hydrogen-bond acceptors (Lipinski definition) is 6. The Hall–Kier alpha value is -3.29. The summed E-state index contributed by atoms with van der Waals surface area (Å²) in [5.41, 5.74) is 12.4. The first-order chi connectivity index (χ1) is 12.0. The molecule has 1 atom stereocenters. The summed E-state index contributed by atoms with van der Waals surface area (Å²) in [6, 6.07) is 9.40. The van der Waals surface area contributed by atoms with Crippen molar-refractivity contribution in [2.24, 2.45) is 11.7 Å². The number of hydrogen-bond donors (Lipinski definition) is 3. The molecule has 128 valence electrons. The predicted octanol–water partition coefficient (Wildman–Crippen LogP) is 1.50. The largest absolute Gasteiger partial charge is 0.384 e. The van der Waals surface area contributed by atoms with Gasteiger partial charge in [0.1, 0.15) is 23.8 Å². The molecule has 8 heteroatoms. The van der Waals surface area contributed by atoms with Crippen molar-refractivity contribution in [3.05, 3.63) is 54.1 Å². The zero-order valence-electron chi connectivity index (χ0n) is 13.3. The second kappa shape index (κ2) is 7.08. The first kappa shape index (κ1) is 16.6. The average Bonchev–Trinajstić information content (AvgIpc) is 2.59. The highest BCUT2D eigenvalue weighted by Gasteiger charge is 2.17. The Morgan fingerprint density at radius 2 is 1.92 bits per heavy atom. The first-order valence-electron chi connectivity index (χ1n) is 7.68. The summed E-state index contributed by atoms with van der Waals surface area (Å²) < 4.78 is 13.0. The van der Waals surface area contributed by atoms with E-state index in [1.807, 2.05) is 0 Å². The third-order valence-corrected chi connectivity index (χ3v) is 3.83. The molecule has 0 saturated heterocycles. The SMILES string of the molecule is NC(=O)C(CNc1ncnc2nc(N)ccc12)Cc1ccc(F)cc1. The van der Waals surface area contributed by atoms with E-state index in [0.717, 1.165) is 5.56 Å². The van der Waals surface area contributed by atoms with Gasteiger partial charge in [0.25, 0.3) is 0 Å². The molecule has 25 heavy (non-hydrogen) atoms. The van der Waals surface area contributed by atoms with Gasteiger partial charge < -0.3 is 16.8 Å². The van der Waals surface area contributed by atoms with Crippen LogP contribution in [0.3, 0.4) is 0 Å². The summed E-state index contributed by atoms with van der Waals surface area (Å²) in [4.78, 5) is 24.1. The van der Waals surface area contributed by atoms with Gasteiger partial charge in [-0.05, 0) is 36.2 Å². The molecule has 2 aromatic heterocycles. The minimum absolute atomic E-state index is 0.281. The van der Waals surface area contributed by atoms with Crippen molar-refractivity contribution in [2.75, 3.05) is 17.6 Å². The maximum absolute atomic E-state index is 13.0. The summed E-state index contributed by atoms with van der Waals surface area (Å²) >= 11 is 0. The molecule has 1 unspecified atom stereocenters. The molecule has 2 heterocycles. The molecule has 3 rings (SSSR count). The third-order valence-electron chi connectivity index (χ3n) is 3.83. The van der Waals surface area contributed by atoms with E-state index in [9.17, 15) is 9.18 Å². The number of carbonyl (C=O) groups excluding carboxylic acids is 1. The normalized spacial score (nSPS) is 12.0. The lowest BCUT2D eigenvalue weighted by molar-refractivity contribution is -0.121. The van der Waals surface area contributed by atoms with E-state index in [1.54, 1.807) is 24.3 Å². The van der Waals surface area contributed by atoms with E-state index >= 15 is 0 Å². The lowest BCUT2D eigenvalue weighted by Crippen LogP contribution is -2.31. The van der Waals surface area contributed by atoms with Gasteiger partial charge in [0, 0.05) is 6.54 Å². The van der Waals surface area contributed by atoms with Crippen LogP contribution in [-0.2, 0) is 11.2 Å². The molecule has 0 spiro atoms. The molecule has 0 aliphatic carbocycles. The number of amides is 1. The van der Waals surface area contributed by atoms with E-state index in [4.69, 9.17) is 11.5 Å². The highest BCUT2D eigenvalue weighted by Crippen LogP contribution is 2.19. The van der Waals surface area contributed by atoms with Crippen molar-refractivity contribution >= 4 is 28.6 Å². The van der Waals surface area contributed by atoms with E-state index < -0.39 is 11.8 Å². The second-order valence-corrected chi connectivity index (χ2v) is 5.64. The van der Waals surface area contributed by atoms with Gasteiger partial charge in [-0.2, -0.15) is 0 Å². The Morgan fingerprint density at radius 1 is 1.16 bits per heavy atom. The number of nitrogens with one attached hydrogen (secondary N) is 1. The minimum atomic E-state index is -0.475. The zero-order chi connectivity index (χ0) is 17.8. The van der Waals surface area contributed by atoms with Crippen LogP contribution in [0.5, 0.6) is 0 Å². The van der Waals surface area contributed by atoms with E-state index in [2.05, 4.69) is 20.3 Å². The molecule has 0 bridgehead atoms. The summed E-state index contributed by atoms with van der Waals surface area (Å²) in [5, 5.41) is 3.81. The molecule has 0 radical (unpaired) electrons. The van der Waals surface area contributed by atoms with Crippen LogP contribution < -0.4 is 16.8 Å². The number of anilines is 2.